The molecule has 0 aromatic heterocycles. The maximum atomic E-state index is 13.8. The van der Waals surface area contributed by atoms with Crippen LogP contribution in [0.4, 0.5) is 4.39 Å². The summed E-state index contributed by atoms with van der Waals surface area (Å²) < 4.78 is 18.7. The SMILES string of the molecule is COc1ccc(CN2CCNCC2CC(C)C)cc1F. The van der Waals surface area contributed by atoms with Crippen LogP contribution in [-0.4, -0.2) is 37.7 Å². The Morgan fingerprint density at radius 2 is 2.25 bits per heavy atom. The molecule has 1 aromatic carbocycles. The van der Waals surface area contributed by atoms with Crippen molar-refractivity contribution in [2.75, 3.05) is 26.7 Å². The van der Waals surface area contributed by atoms with Crippen LogP contribution in [0.1, 0.15) is 25.8 Å². The highest BCUT2D eigenvalue weighted by Crippen LogP contribution is 2.21. The maximum Gasteiger partial charge on any atom is 0.165 e. The summed E-state index contributed by atoms with van der Waals surface area (Å²) in [4.78, 5) is 2.46. The number of methoxy groups -OCH3 is 1. The second-order valence-corrected chi connectivity index (χ2v) is 5.93. The fourth-order valence-electron chi connectivity index (χ4n) is 2.83. The summed E-state index contributed by atoms with van der Waals surface area (Å²) in [5.41, 5.74) is 1.01. The highest BCUT2D eigenvalue weighted by atomic mass is 19.1. The molecule has 1 saturated heterocycles. The first-order valence-corrected chi connectivity index (χ1v) is 7.37. The van der Waals surface area contributed by atoms with Crippen LogP contribution in [0, 0.1) is 11.7 Å². The van der Waals surface area contributed by atoms with Gasteiger partial charge in [0.05, 0.1) is 7.11 Å². The molecule has 1 aliphatic heterocycles. The van der Waals surface area contributed by atoms with E-state index in [1.807, 2.05) is 6.07 Å². The smallest absolute Gasteiger partial charge is 0.165 e. The molecular weight excluding hydrogens is 255 g/mol. The van der Waals surface area contributed by atoms with E-state index in [1.54, 1.807) is 12.1 Å². The van der Waals surface area contributed by atoms with E-state index in [-0.39, 0.29) is 5.82 Å². The molecular formula is C16H25FN2O. The molecule has 0 radical (unpaired) electrons. The van der Waals surface area contributed by atoms with E-state index in [0.717, 1.165) is 31.7 Å². The highest BCUT2D eigenvalue weighted by Gasteiger charge is 2.23. The van der Waals surface area contributed by atoms with Crippen molar-refractivity contribution >= 4 is 0 Å². The first-order chi connectivity index (χ1) is 9.60. The van der Waals surface area contributed by atoms with Crippen LogP contribution in [0.25, 0.3) is 0 Å². The normalized spacial score (nSPS) is 20.4. The minimum atomic E-state index is -0.277. The summed E-state index contributed by atoms with van der Waals surface area (Å²) in [6.07, 6.45) is 1.17. The third kappa shape index (κ3) is 3.93. The van der Waals surface area contributed by atoms with Crippen LogP contribution >= 0.6 is 0 Å². The number of nitrogens with zero attached hydrogens (tertiary/aromatic N) is 1. The van der Waals surface area contributed by atoms with Crippen LogP contribution in [0.2, 0.25) is 0 Å². The quantitative estimate of drug-likeness (QED) is 0.897. The molecule has 1 N–H and O–H groups in total. The van der Waals surface area contributed by atoms with Gasteiger partial charge >= 0.3 is 0 Å². The lowest BCUT2D eigenvalue weighted by atomic mass is 10.00. The third-order valence-electron chi connectivity index (χ3n) is 3.82. The summed E-state index contributed by atoms with van der Waals surface area (Å²) in [6, 6.07) is 5.79. The molecule has 0 spiro atoms. The topological polar surface area (TPSA) is 24.5 Å². The number of rotatable bonds is 5. The molecule has 0 amide bonds. The number of benzene rings is 1. The number of hydrogen-bond donors (Lipinski definition) is 1. The van der Waals surface area contributed by atoms with Gasteiger partial charge in [0.15, 0.2) is 11.6 Å². The van der Waals surface area contributed by atoms with Crippen molar-refractivity contribution in [3.63, 3.8) is 0 Å². The Hall–Kier alpha value is -1.13. The van der Waals surface area contributed by atoms with E-state index < -0.39 is 0 Å². The Morgan fingerprint density at radius 3 is 2.90 bits per heavy atom. The number of hydrogen-bond acceptors (Lipinski definition) is 3. The lowest BCUT2D eigenvalue weighted by molar-refractivity contribution is 0.134. The van der Waals surface area contributed by atoms with Crippen molar-refractivity contribution in [1.29, 1.82) is 0 Å². The Kier molecular flexibility index (Phi) is 5.38. The van der Waals surface area contributed by atoms with Crippen molar-refractivity contribution in [3.8, 4) is 5.75 Å². The van der Waals surface area contributed by atoms with Gasteiger partial charge in [-0.25, -0.2) is 4.39 Å². The highest BCUT2D eigenvalue weighted by molar-refractivity contribution is 5.29. The Labute approximate surface area is 121 Å². The zero-order valence-corrected chi connectivity index (χ0v) is 12.7. The first-order valence-electron chi connectivity index (χ1n) is 7.37. The Balaban J connectivity index is 2.04. The Morgan fingerprint density at radius 1 is 1.45 bits per heavy atom. The average molecular weight is 280 g/mol. The van der Waals surface area contributed by atoms with Crippen molar-refractivity contribution in [3.05, 3.63) is 29.6 Å². The van der Waals surface area contributed by atoms with Crippen LogP contribution in [0.5, 0.6) is 5.75 Å². The summed E-state index contributed by atoms with van der Waals surface area (Å²) in [6.45, 7) is 8.36. The molecule has 112 valence electrons. The van der Waals surface area contributed by atoms with Gasteiger partial charge in [0.1, 0.15) is 0 Å². The molecule has 1 fully saturated rings. The molecule has 2 rings (SSSR count). The van der Waals surface area contributed by atoms with Crippen LogP contribution in [0.15, 0.2) is 18.2 Å². The molecule has 3 nitrogen and oxygen atoms in total. The summed E-state index contributed by atoms with van der Waals surface area (Å²) >= 11 is 0. The van der Waals surface area contributed by atoms with Crippen LogP contribution in [0.3, 0.4) is 0 Å². The lowest BCUT2D eigenvalue weighted by Crippen LogP contribution is -2.51. The van der Waals surface area contributed by atoms with Gasteiger partial charge in [0.2, 0.25) is 0 Å². The lowest BCUT2D eigenvalue weighted by Gasteiger charge is -2.37. The van der Waals surface area contributed by atoms with Crippen molar-refractivity contribution in [2.24, 2.45) is 5.92 Å². The molecule has 1 aliphatic rings. The molecule has 0 aliphatic carbocycles. The Bertz CT molecular complexity index is 436. The molecule has 20 heavy (non-hydrogen) atoms. The molecule has 0 bridgehead atoms. The average Bonchev–Trinajstić information content (AvgIpc) is 2.41. The summed E-state index contributed by atoms with van der Waals surface area (Å²) in [5.74, 6) is 0.711. The maximum absolute atomic E-state index is 13.8. The van der Waals surface area contributed by atoms with Crippen molar-refractivity contribution in [2.45, 2.75) is 32.9 Å². The van der Waals surface area contributed by atoms with E-state index in [4.69, 9.17) is 4.74 Å². The first kappa shape index (κ1) is 15.3. The number of piperazine rings is 1. The van der Waals surface area contributed by atoms with Gasteiger partial charge in [-0.1, -0.05) is 19.9 Å². The van der Waals surface area contributed by atoms with E-state index in [1.165, 1.54) is 13.5 Å². The van der Waals surface area contributed by atoms with Crippen molar-refractivity contribution < 1.29 is 9.13 Å². The monoisotopic (exact) mass is 280 g/mol. The van der Waals surface area contributed by atoms with Gasteiger partial charge in [-0.3, -0.25) is 4.90 Å². The molecule has 1 aromatic rings. The minimum absolute atomic E-state index is 0.277. The van der Waals surface area contributed by atoms with Gasteiger partial charge in [-0.2, -0.15) is 0 Å². The fraction of sp³-hybridized carbons (Fsp3) is 0.625. The molecule has 4 heteroatoms. The zero-order chi connectivity index (χ0) is 14.5. The molecule has 1 atom stereocenters. The van der Waals surface area contributed by atoms with Gasteiger partial charge in [-0.15, -0.1) is 0 Å². The van der Waals surface area contributed by atoms with E-state index in [0.29, 0.717) is 17.7 Å². The molecule has 1 heterocycles. The minimum Gasteiger partial charge on any atom is -0.494 e. The van der Waals surface area contributed by atoms with Gasteiger partial charge in [-0.05, 0) is 30.0 Å². The van der Waals surface area contributed by atoms with E-state index in [9.17, 15) is 4.39 Å². The van der Waals surface area contributed by atoms with E-state index >= 15 is 0 Å². The number of ether oxygens (including phenoxy) is 1. The van der Waals surface area contributed by atoms with Crippen LogP contribution < -0.4 is 10.1 Å². The summed E-state index contributed by atoms with van der Waals surface area (Å²) in [7, 11) is 1.49. The second kappa shape index (κ2) is 7.04. The van der Waals surface area contributed by atoms with E-state index in [2.05, 4.69) is 24.1 Å². The van der Waals surface area contributed by atoms with Gasteiger partial charge in [0, 0.05) is 32.2 Å². The molecule has 1 unspecified atom stereocenters. The largest absolute Gasteiger partial charge is 0.494 e. The summed E-state index contributed by atoms with van der Waals surface area (Å²) in [5, 5.41) is 3.45. The predicted octanol–water partition coefficient (Wildman–Crippen LogP) is 2.65. The van der Waals surface area contributed by atoms with Gasteiger partial charge in [0.25, 0.3) is 0 Å². The molecule has 0 saturated carbocycles. The zero-order valence-electron chi connectivity index (χ0n) is 12.7. The number of nitrogens with one attached hydrogen (secondary N) is 1. The second-order valence-electron chi connectivity index (χ2n) is 5.93. The predicted molar refractivity (Wildman–Crippen MR) is 79.5 cm³/mol. The fourth-order valence-corrected chi connectivity index (χ4v) is 2.83. The standard InChI is InChI=1S/C16H25FN2O/c1-12(2)8-14-10-18-6-7-19(14)11-13-4-5-16(20-3)15(17)9-13/h4-5,9,12,14,18H,6-8,10-11H2,1-3H3. The van der Waals surface area contributed by atoms with Gasteiger partial charge < -0.3 is 10.1 Å². The number of halogens is 1. The van der Waals surface area contributed by atoms with Crippen molar-refractivity contribution in [1.82, 2.24) is 10.2 Å². The van der Waals surface area contributed by atoms with Crippen LogP contribution in [-0.2, 0) is 6.54 Å². The third-order valence-corrected chi connectivity index (χ3v) is 3.82.